The Balaban J connectivity index is 1.74. The van der Waals surface area contributed by atoms with E-state index in [9.17, 15) is 9.59 Å². The largest absolute Gasteiger partial charge is 0.490 e. The van der Waals surface area contributed by atoms with Gasteiger partial charge < -0.3 is 14.6 Å². The lowest BCUT2D eigenvalue weighted by molar-refractivity contribution is -0.135. The van der Waals surface area contributed by atoms with Gasteiger partial charge in [-0.05, 0) is 30.0 Å². The molecule has 196 valence electrons. The molecular weight excluding hydrogens is 562 g/mol. The number of methoxy groups -OCH3 is 1. The molecule has 2 N–H and O–H groups in total. The first-order chi connectivity index (χ1) is 17.7. The Morgan fingerprint density at radius 1 is 1.27 bits per heavy atom. The maximum atomic E-state index is 15.1. The Labute approximate surface area is 231 Å². The molecule has 12 heteroatoms. The number of halogens is 3. The van der Waals surface area contributed by atoms with Crippen LogP contribution in [0.4, 0.5) is 9.52 Å². The summed E-state index contributed by atoms with van der Waals surface area (Å²) in [5, 5.41) is 13.8. The predicted molar refractivity (Wildman–Crippen MR) is 147 cm³/mol. The van der Waals surface area contributed by atoms with E-state index in [0.29, 0.717) is 23.4 Å². The summed E-state index contributed by atoms with van der Waals surface area (Å²) >= 11 is 15.4. The number of carboxylic acid groups (broad SMARTS) is 1. The topological polar surface area (TPSA) is 97.8 Å². The molecule has 37 heavy (non-hydrogen) atoms. The van der Waals surface area contributed by atoms with Crippen molar-refractivity contribution in [3.8, 4) is 11.3 Å². The smallest absolute Gasteiger partial charge is 0.371 e. The van der Waals surface area contributed by atoms with E-state index in [2.05, 4.69) is 17.2 Å². The van der Waals surface area contributed by atoms with Gasteiger partial charge in [-0.15, -0.1) is 11.3 Å². The molecule has 1 amide bonds. The number of nitrogens with one attached hydrogen (secondary N) is 1. The normalized spacial score (nSPS) is 11.4. The second-order valence-corrected chi connectivity index (χ2v) is 10.5. The molecule has 1 aromatic heterocycles. The van der Waals surface area contributed by atoms with Gasteiger partial charge in [-0.25, -0.2) is 14.2 Å². The van der Waals surface area contributed by atoms with Crippen LogP contribution in [0.2, 0.25) is 10.0 Å². The number of anilines is 1. The number of aliphatic carboxylic acids is 1. The van der Waals surface area contributed by atoms with Crippen molar-refractivity contribution < 1.29 is 28.6 Å². The lowest BCUT2D eigenvalue weighted by Gasteiger charge is -2.09. The van der Waals surface area contributed by atoms with Gasteiger partial charge in [0.2, 0.25) is 5.76 Å². The quantitative estimate of drug-likeness (QED) is 0.136. The minimum atomic E-state index is -1.29. The second-order valence-electron chi connectivity index (χ2n) is 7.39. The summed E-state index contributed by atoms with van der Waals surface area (Å²) in [6.45, 7) is 2.76. The van der Waals surface area contributed by atoms with Crippen LogP contribution < -0.4 is 5.32 Å². The molecule has 1 heterocycles. The fourth-order valence-corrected chi connectivity index (χ4v) is 4.98. The number of nitrogens with zero attached hydrogens (tertiary/aromatic N) is 1. The van der Waals surface area contributed by atoms with E-state index in [-0.39, 0.29) is 38.7 Å². The zero-order chi connectivity index (χ0) is 26.9. The third-order valence-corrected chi connectivity index (χ3v) is 7.21. The Morgan fingerprint density at radius 3 is 2.65 bits per heavy atom. The van der Waals surface area contributed by atoms with Crippen LogP contribution in [0.25, 0.3) is 17.3 Å². The molecular formula is C25H23Cl2FN2O5S2. The fourth-order valence-electron chi connectivity index (χ4n) is 3.15. The highest BCUT2D eigenvalue weighted by Crippen LogP contribution is 2.31. The van der Waals surface area contributed by atoms with Crippen LogP contribution in [-0.2, 0) is 20.9 Å². The molecule has 3 aromatic rings. The minimum absolute atomic E-state index is 0.0580. The van der Waals surface area contributed by atoms with Gasteiger partial charge in [0.15, 0.2) is 5.13 Å². The number of carbonyl (C=O) groups excluding carboxylic acids is 1. The lowest BCUT2D eigenvalue weighted by atomic mass is 10.1. The Morgan fingerprint density at radius 2 is 2.00 bits per heavy atom. The van der Waals surface area contributed by atoms with Gasteiger partial charge in [-0.1, -0.05) is 42.3 Å². The first kappa shape index (κ1) is 28.9. The van der Waals surface area contributed by atoms with Crippen LogP contribution in [0.5, 0.6) is 0 Å². The number of carbonyl (C=O) groups is 2. The highest BCUT2D eigenvalue weighted by Gasteiger charge is 2.18. The second kappa shape index (κ2) is 13.8. The van der Waals surface area contributed by atoms with Crippen LogP contribution in [0.3, 0.4) is 0 Å². The van der Waals surface area contributed by atoms with E-state index in [1.807, 2.05) is 0 Å². The molecule has 0 aliphatic heterocycles. The first-order valence-electron chi connectivity index (χ1n) is 10.9. The van der Waals surface area contributed by atoms with E-state index in [4.69, 9.17) is 37.8 Å². The summed E-state index contributed by atoms with van der Waals surface area (Å²) in [6.07, 6.45) is 1.17. The van der Waals surface area contributed by atoms with Crippen LogP contribution in [-0.4, -0.2) is 47.2 Å². The monoisotopic (exact) mass is 584 g/mol. The minimum Gasteiger partial charge on any atom is -0.490 e. The van der Waals surface area contributed by atoms with Crippen molar-refractivity contribution in [2.75, 3.05) is 30.5 Å². The summed E-state index contributed by atoms with van der Waals surface area (Å²) in [4.78, 5) is 28.3. The van der Waals surface area contributed by atoms with E-state index in [0.717, 1.165) is 22.8 Å². The van der Waals surface area contributed by atoms with Gasteiger partial charge in [0.25, 0.3) is 5.91 Å². The van der Waals surface area contributed by atoms with Crippen LogP contribution >= 0.6 is 46.3 Å². The van der Waals surface area contributed by atoms with Crippen LogP contribution in [0.1, 0.15) is 28.4 Å². The number of ether oxygens (including phenoxy) is 2. The molecule has 0 spiro atoms. The molecule has 0 aliphatic carbocycles. The molecule has 7 nitrogen and oxygen atoms in total. The zero-order valence-electron chi connectivity index (χ0n) is 19.8. The Hall–Kier alpha value is -2.63. The van der Waals surface area contributed by atoms with Gasteiger partial charge in [0.1, 0.15) is 5.82 Å². The van der Waals surface area contributed by atoms with Crippen molar-refractivity contribution in [1.29, 1.82) is 0 Å². The highest BCUT2D eigenvalue weighted by atomic mass is 35.5. The number of aromatic nitrogens is 1. The maximum absolute atomic E-state index is 15.1. The van der Waals surface area contributed by atoms with Crippen molar-refractivity contribution in [3.05, 3.63) is 74.0 Å². The average Bonchev–Trinajstić information content (AvgIpc) is 3.32. The van der Waals surface area contributed by atoms with Crippen molar-refractivity contribution in [3.63, 3.8) is 0 Å². The molecule has 0 saturated carbocycles. The summed E-state index contributed by atoms with van der Waals surface area (Å²) in [6, 6.07) is 7.71. The molecule has 0 radical (unpaired) electrons. The number of amides is 1. The van der Waals surface area contributed by atoms with Gasteiger partial charge in [-0.2, -0.15) is 11.8 Å². The summed E-state index contributed by atoms with van der Waals surface area (Å²) in [7, 11) is 1.20. The third kappa shape index (κ3) is 7.68. The van der Waals surface area contributed by atoms with Gasteiger partial charge in [0, 0.05) is 33.4 Å². The lowest BCUT2D eigenvalue weighted by Crippen LogP contribution is -2.12. The van der Waals surface area contributed by atoms with Crippen LogP contribution in [0, 0.1) is 5.82 Å². The number of hydrogen-bond acceptors (Lipinski definition) is 7. The van der Waals surface area contributed by atoms with E-state index >= 15 is 4.39 Å². The van der Waals surface area contributed by atoms with Crippen molar-refractivity contribution in [2.45, 2.75) is 13.5 Å². The van der Waals surface area contributed by atoms with Gasteiger partial charge in [0.05, 0.1) is 36.1 Å². The van der Waals surface area contributed by atoms with Crippen molar-refractivity contribution in [1.82, 2.24) is 4.98 Å². The first-order valence-corrected chi connectivity index (χ1v) is 13.7. The van der Waals surface area contributed by atoms with Crippen molar-refractivity contribution in [2.24, 2.45) is 0 Å². The average molecular weight is 586 g/mol. The van der Waals surface area contributed by atoms with Crippen molar-refractivity contribution >= 4 is 69.4 Å². The summed E-state index contributed by atoms with van der Waals surface area (Å²) < 4.78 is 25.4. The molecule has 0 saturated heterocycles. The third-order valence-electron chi connectivity index (χ3n) is 4.96. The number of carboxylic acids is 1. The number of thioether (sulfide) groups is 1. The number of benzene rings is 2. The Kier molecular flexibility index (Phi) is 10.8. The number of thiazole rings is 1. The highest BCUT2D eigenvalue weighted by molar-refractivity contribution is 7.99. The summed E-state index contributed by atoms with van der Waals surface area (Å²) in [5.74, 6) is -0.780. The van der Waals surface area contributed by atoms with E-state index in [1.165, 1.54) is 25.3 Å². The SMILES string of the molecule is CCSCCOCc1cccc(-c2csc(NC(=O)c3cc(Cl)c(/C=C(\OC)C(=O)O)c(Cl)c3)n2)c1F. The molecule has 0 unspecified atom stereocenters. The Bertz CT molecular complexity index is 1290. The van der Waals surface area contributed by atoms with E-state index < -0.39 is 17.7 Å². The number of hydrogen-bond donors (Lipinski definition) is 2. The van der Waals surface area contributed by atoms with E-state index in [1.54, 1.807) is 35.3 Å². The predicted octanol–water partition coefficient (Wildman–Crippen LogP) is 6.85. The van der Waals surface area contributed by atoms with Gasteiger partial charge in [-0.3, -0.25) is 10.1 Å². The fraction of sp³-hybridized carbons (Fsp3) is 0.240. The van der Waals surface area contributed by atoms with Crippen LogP contribution in [0.15, 0.2) is 41.5 Å². The molecule has 0 aliphatic rings. The molecule has 0 fully saturated rings. The van der Waals surface area contributed by atoms with Gasteiger partial charge >= 0.3 is 5.97 Å². The molecule has 0 bridgehead atoms. The maximum Gasteiger partial charge on any atom is 0.371 e. The molecule has 3 rings (SSSR count). The summed E-state index contributed by atoms with van der Waals surface area (Å²) in [5.41, 5.74) is 1.42. The standard InChI is InChI=1S/C25H23Cl2FN2O5S2/c1-3-36-8-7-35-12-14-5-4-6-16(22(14)28)20-13-37-25(29-20)30-23(31)15-9-18(26)17(19(27)10-15)11-21(34-2)24(32)33/h4-6,9-11,13H,3,7-8,12H2,1-2H3,(H,32,33)(H,29,30,31)/b21-11-. The number of rotatable bonds is 12. The molecule has 2 aromatic carbocycles. The zero-order valence-corrected chi connectivity index (χ0v) is 23.0. The molecule has 0 atom stereocenters.